The Bertz CT molecular complexity index is 543. The molecule has 1 N–H and O–H groups in total. The topological polar surface area (TPSA) is 53.9 Å². The summed E-state index contributed by atoms with van der Waals surface area (Å²) in [6.45, 7) is 5.88. The Morgan fingerprint density at radius 3 is 2.76 bits per heavy atom. The molecule has 0 saturated carbocycles. The molecule has 0 spiro atoms. The molecule has 0 aliphatic heterocycles. The minimum Gasteiger partial charge on any atom is -0.465 e. The van der Waals surface area contributed by atoms with E-state index in [1.165, 1.54) is 5.01 Å². The summed E-state index contributed by atoms with van der Waals surface area (Å²) < 4.78 is 4.80. The number of carbonyl (C=O) groups excluding carboxylic acids is 1. The van der Waals surface area contributed by atoms with Crippen molar-refractivity contribution in [3.8, 4) is 0 Å². The maximum absolute atomic E-state index is 11.2. The molecule has 6 heteroatoms. The van der Waals surface area contributed by atoms with E-state index in [9.17, 15) is 4.79 Å². The van der Waals surface area contributed by atoms with Gasteiger partial charge in [-0.2, -0.15) is 5.10 Å². The summed E-state index contributed by atoms with van der Waals surface area (Å²) >= 11 is 5.13. The van der Waals surface area contributed by atoms with Gasteiger partial charge in [0.05, 0.1) is 12.8 Å². The summed E-state index contributed by atoms with van der Waals surface area (Å²) in [6.07, 6.45) is 3.45. The molecule has 0 unspecified atom stereocenters. The van der Waals surface area contributed by atoms with E-state index in [1.807, 2.05) is 24.3 Å². The van der Waals surface area contributed by atoms with Crippen molar-refractivity contribution in [2.75, 3.05) is 20.2 Å². The van der Waals surface area contributed by atoms with Crippen LogP contribution in [-0.4, -0.2) is 42.5 Å². The van der Waals surface area contributed by atoms with Gasteiger partial charge in [-0.1, -0.05) is 36.9 Å². The van der Waals surface area contributed by atoms with Gasteiger partial charge in [-0.25, -0.2) is 5.01 Å². The standard InChI is InChI=1S/C15H19N3O2S/c1-4-12-8-6-7-9-13(12)10-17-18(3)15(21)16-11-14(19)20-5-2/h4,6-10H,1,5,11H2,2-3H3,(H,16,21)/b17-10+. The average Bonchev–Trinajstić information content (AvgIpc) is 2.50. The van der Waals surface area contributed by atoms with Crippen LogP contribution in [0.3, 0.4) is 0 Å². The molecule has 21 heavy (non-hydrogen) atoms. The minimum absolute atomic E-state index is 0.0236. The Morgan fingerprint density at radius 2 is 2.14 bits per heavy atom. The molecule has 5 nitrogen and oxygen atoms in total. The maximum Gasteiger partial charge on any atom is 0.325 e. The van der Waals surface area contributed by atoms with Crippen molar-refractivity contribution in [1.29, 1.82) is 0 Å². The minimum atomic E-state index is -0.353. The zero-order valence-electron chi connectivity index (χ0n) is 12.2. The smallest absolute Gasteiger partial charge is 0.325 e. The number of hydrazone groups is 1. The Hall–Kier alpha value is -2.21. The molecule has 0 aromatic heterocycles. The van der Waals surface area contributed by atoms with Gasteiger partial charge in [0, 0.05) is 12.6 Å². The Kier molecular flexibility index (Phi) is 7.11. The van der Waals surface area contributed by atoms with Gasteiger partial charge in [0.15, 0.2) is 5.11 Å². The number of rotatable bonds is 6. The molecule has 1 aromatic carbocycles. The largest absolute Gasteiger partial charge is 0.465 e. The van der Waals surface area contributed by atoms with Gasteiger partial charge in [-0.3, -0.25) is 4.79 Å². The predicted octanol–water partition coefficient (Wildman–Crippen LogP) is 2.03. The number of ether oxygens (including phenoxy) is 1. The van der Waals surface area contributed by atoms with Gasteiger partial charge in [0.25, 0.3) is 0 Å². The number of esters is 1. The molecule has 0 heterocycles. The van der Waals surface area contributed by atoms with Crippen molar-refractivity contribution in [3.63, 3.8) is 0 Å². The van der Waals surface area contributed by atoms with Gasteiger partial charge in [-0.15, -0.1) is 0 Å². The highest BCUT2D eigenvalue weighted by molar-refractivity contribution is 7.80. The van der Waals surface area contributed by atoms with E-state index in [1.54, 1.807) is 26.3 Å². The third kappa shape index (κ3) is 5.74. The SMILES string of the molecule is C=Cc1ccccc1/C=N/N(C)C(=S)NCC(=O)OCC. The highest BCUT2D eigenvalue weighted by atomic mass is 32.1. The molecule has 0 saturated heterocycles. The van der Waals surface area contributed by atoms with Crippen LogP contribution in [0.5, 0.6) is 0 Å². The van der Waals surface area contributed by atoms with Gasteiger partial charge >= 0.3 is 5.97 Å². The number of thiocarbonyl (C=S) groups is 1. The molecular formula is C15H19N3O2S. The van der Waals surface area contributed by atoms with Crippen molar-refractivity contribution in [1.82, 2.24) is 10.3 Å². The molecule has 1 aromatic rings. The predicted molar refractivity (Wildman–Crippen MR) is 89.1 cm³/mol. The van der Waals surface area contributed by atoms with E-state index in [-0.39, 0.29) is 12.5 Å². The summed E-state index contributed by atoms with van der Waals surface area (Å²) in [6, 6.07) is 7.74. The summed E-state index contributed by atoms with van der Waals surface area (Å²) in [5.41, 5.74) is 1.92. The molecule has 0 atom stereocenters. The quantitative estimate of drug-likeness (QED) is 0.377. The van der Waals surface area contributed by atoms with Crippen LogP contribution in [0, 0.1) is 0 Å². The van der Waals surface area contributed by atoms with Crippen molar-refractivity contribution < 1.29 is 9.53 Å². The van der Waals surface area contributed by atoms with Crippen molar-refractivity contribution >= 4 is 35.6 Å². The fourth-order valence-electron chi connectivity index (χ4n) is 1.49. The van der Waals surface area contributed by atoms with Crippen molar-refractivity contribution in [3.05, 3.63) is 42.0 Å². The van der Waals surface area contributed by atoms with Crippen LogP contribution >= 0.6 is 12.2 Å². The van der Waals surface area contributed by atoms with E-state index in [0.717, 1.165) is 11.1 Å². The lowest BCUT2D eigenvalue weighted by Gasteiger charge is -2.15. The first-order valence-corrected chi connectivity index (χ1v) is 6.92. The van der Waals surface area contributed by atoms with Crippen molar-refractivity contribution in [2.24, 2.45) is 5.10 Å². The summed E-state index contributed by atoms with van der Waals surface area (Å²) in [4.78, 5) is 11.2. The lowest BCUT2D eigenvalue weighted by molar-refractivity contribution is -0.141. The highest BCUT2D eigenvalue weighted by Gasteiger charge is 2.06. The molecule has 0 fully saturated rings. The fraction of sp³-hybridized carbons (Fsp3) is 0.267. The summed E-state index contributed by atoms with van der Waals surface area (Å²) in [5, 5.41) is 8.84. The van der Waals surface area contributed by atoms with Crippen molar-refractivity contribution in [2.45, 2.75) is 6.92 Å². The van der Waals surface area contributed by atoms with E-state index in [4.69, 9.17) is 17.0 Å². The third-order valence-corrected chi connectivity index (χ3v) is 2.98. The highest BCUT2D eigenvalue weighted by Crippen LogP contribution is 2.07. The van der Waals surface area contributed by atoms with E-state index in [2.05, 4.69) is 17.0 Å². The Morgan fingerprint density at radius 1 is 1.48 bits per heavy atom. The van der Waals surface area contributed by atoms with Gasteiger partial charge in [-0.05, 0) is 24.7 Å². The monoisotopic (exact) mass is 305 g/mol. The van der Waals surface area contributed by atoms with Gasteiger partial charge in [0.1, 0.15) is 6.54 Å². The molecule has 0 radical (unpaired) electrons. The third-order valence-electron chi connectivity index (χ3n) is 2.57. The number of carbonyl (C=O) groups is 1. The van der Waals surface area contributed by atoms with Crippen LogP contribution in [0.4, 0.5) is 0 Å². The van der Waals surface area contributed by atoms with E-state index >= 15 is 0 Å². The Labute approximate surface area is 130 Å². The number of hydrogen-bond acceptors (Lipinski definition) is 4. The van der Waals surface area contributed by atoms with Gasteiger partial charge in [0.2, 0.25) is 0 Å². The molecule has 0 amide bonds. The fourth-order valence-corrected chi connectivity index (χ4v) is 1.61. The van der Waals surface area contributed by atoms with Crippen LogP contribution in [0.15, 0.2) is 35.9 Å². The molecule has 0 aliphatic carbocycles. The second-order valence-corrected chi connectivity index (χ2v) is 4.45. The first kappa shape index (κ1) is 16.8. The zero-order valence-corrected chi connectivity index (χ0v) is 13.0. The molecule has 112 valence electrons. The summed E-state index contributed by atoms with van der Waals surface area (Å²) in [5.74, 6) is -0.353. The molecular weight excluding hydrogens is 286 g/mol. The lowest BCUT2D eigenvalue weighted by atomic mass is 10.1. The van der Waals surface area contributed by atoms with Gasteiger partial charge < -0.3 is 10.1 Å². The second-order valence-electron chi connectivity index (χ2n) is 4.06. The van der Waals surface area contributed by atoms with Crippen LogP contribution in [0.25, 0.3) is 6.08 Å². The number of benzene rings is 1. The molecule has 0 bridgehead atoms. The maximum atomic E-state index is 11.2. The number of hydrogen-bond donors (Lipinski definition) is 1. The second kappa shape index (κ2) is 8.86. The van der Waals surface area contributed by atoms with Crippen LogP contribution < -0.4 is 5.32 Å². The normalized spacial score (nSPS) is 10.2. The number of nitrogens with one attached hydrogen (secondary N) is 1. The van der Waals surface area contributed by atoms with Crippen LogP contribution in [-0.2, 0) is 9.53 Å². The average molecular weight is 305 g/mol. The van der Waals surface area contributed by atoms with E-state index < -0.39 is 0 Å². The lowest BCUT2D eigenvalue weighted by Crippen LogP contribution is -2.37. The zero-order chi connectivity index (χ0) is 15.7. The number of nitrogens with zero attached hydrogens (tertiary/aromatic N) is 2. The summed E-state index contributed by atoms with van der Waals surface area (Å²) in [7, 11) is 1.70. The Balaban J connectivity index is 2.57. The van der Waals surface area contributed by atoms with E-state index in [0.29, 0.717) is 11.7 Å². The first-order valence-electron chi connectivity index (χ1n) is 6.51. The van der Waals surface area contributed by atoms with Crippen LogP contribution in [0.2, 0.25) is 0 Å². The van der Waals surface area contributed by atoms with Crippen LogP contribution in [0.1, 0.15) is 18.1 Å². The molecule has 1 rings (SSSR count). The molecule has 0 aliphatic rings. The first-order chi connectivity index (χ1) is 10.1.